The van der Waals surface area contributed by atoms with Crippen LogP contribution in [0.5, 0.6) is 23.0 Å². The summed E-state index contributed by atoms with van der Waals surface area (Å²) >= 11 is 6.43. The monoisotopic (exact) mass is 477 g/mol. The minimum Gasteiger partial charge on any atom is -0.496 e. The van der Waals surface area contributed by atoms with E-state index in [0.717, 1.165) is 6.07 Å². The summed E-state index contributed by atoms with van der Waals surface area (Å²) < 4.78 is 50.8. The number of fused-ring (bicyclic) bond motifs is 1. The van der Waals surface area contributed by atoms with Gasteiger partial charge in [0.15, 0.2) is 28.8 Å². The number of ether oxygens (including phenoxy) is 4. The molecule has 0 fully saturated rings. The zero-order valence-electron chi connectivity index (χ0n) is 17.7. The summed E-state index contributed by atoms with van der Waals surface area (Å²) in [5.74, 6) is -1.24. The first-order valence-electron chi connectivity index (χ1n) is 9.54. The topological polar surface area (TPSA) is 87.6 Å². The molecule has 4 rings (SSSR count). The molecule has 0 saturated carbocycles. The van der Waals surface area contributed by atoms with Gasteiger partial charge in [-0.2, -0.15) is 0 Å². The van der Waals surface area contributed by atoms with E-state index in [4.69, 9.17) is 30.5 Å². The number of imidazole rings is 1. The number of hydrogen-bond donors (Lipinski definition) is 1. The predicted octanol–water partition coefficient (Wildman–Crippen LogP) is 4.25. The van der Waals surface area contributed by atoms with Crippen molar-refractivity contribution < 1.29 is 27.7 Å². The van der Waals surface area contributed by atoms with E-state index in [9.17, 15) is 13.6 Å². The van der Waals surface area contributed by atoms with Crippen LogP contribution >= 0.6 is 11.6 Å². The summed E-state index contributed by atoms with van der Waals surface area (Å²) in [5, 5.41) is 0.168. The van der Waals surface area contributed by atoms with Gasteiger partial charge in [-0.25, -0.2) is 23.1 Å². The Hall–Kier alpha value is -3.79. The molecule has 0 spiro atoms. The molecule has 2 aromatic heterocycles. The van der Waals surface area contributed by atoms with Crippen LogP contribution in [0, 0.1) is 11.6 Å². The van der Waals surface area contributed by atoms with Crippen LogP contribution in [0.25, 0.3) is 16.9 Å². The average Bonchev–Trinajstić information content (AvgIpc) is 3.16. The molecular formula is C22H18ClF2N3O5. The first-order valence-corrected chi connectivity index (χ1v) is 9.92. The maximum atomic E-state index is 14.3. The van der Waals surface area contributed by atoms with Crippen molar-refractivity contribution in [2.24, 2.45) is 0 Å². The quantitative estimate of drug-likeness (QED) is 0.428. The largest absolute Gasteiger partial charge is 0.496 e. The van der Waals surface area contributed by atoms with Crippen LogP contribution in [0.2, 0.25) is 5.02 Å². The van der Waals surface area contributed by atoms with Crippen molar-refractivity contribution in [2.45, 2.75) is 6.61 Å². The summed E-state index contributed by atoms with van der Waals surface area (Å²) in [6.45, 7) is -0.376. The van der Waals surface area contributed by atoms with Crippen LogP contribution < -0.4 is 24.6 Å². The molecule has 1 N–H and O–H groups in total. The molecule has 0 aliphatic rings. The Morgan fingerprint density at radius 2 is 1.73 bits per heavy atom. The van der Waals surface area contributed by atoms with E-state index in [-0.39, 0.29) is 45.8 Å². The summed E-state index contributed by atoms with van der Waals surface area (Å²) in [4.78, 5) is 19.7. The van der Waals surface area contributed by atoms with Gasteiger partial charge in [-0.3, -0.25) is 0 Å². The molecule has 0 atom stereocenters. The van der Waals surface area contributed by atoms with Crippen LogP contribution in [-0.4, -0.2) is 35.9 Å². The number of halogens is 3. The molecule has 0 amide bonds. The second-order valence-corrected chi connectivity index (χ2v) is 7.17. The third-order valence-electron chi connectivity index (χ3n) is 4.98. The Bertz CT molecular complexity index is 1400. The minimum absolute atomic E-state index is 0.117. The van der Waals surface area contributed by atoms with E-state index in [2.05, 4.69) is 9.97 Å². The molecule has 8 nitrogen and oxygen atoms in total. The number of nitrogens with one attached hydrogen (secondary N) is 1. The summed E-state index contributed by atoms with van der Waals surface area (Å²) in [6, 6.07) is 6.75. The number of aromatic amines is 1. The predicted molar refractivity (Wildman–Crippen MR) is 117 cm³/mol. The highest BCUT2D eigenvalue weighted by molar-refractivity contribution is 6.32. The maximum absolute atomic E-state index is 14.3. The highest BCUT2D eigenvalue weighted by atomic mass is 35.5. The number of hydrogen-bond acceptors (Lipinski definition) is 6. The van der Waals surface area contributed by atoms with E-state index in [0.29, 0.717) is 11.3 Å². The molecule has 0 unspecified atom stereocenters. The van der Waals surface area contributed by atoms with Gasteiger partial charge in [-0.05, 0) is 12.1 Å². The molecule has 0 radical (unpaired) electrons. The Morgan fingerprint density at radius 3 is 2.42 bits per heavy atom. The zero-order chi connectivity index (χ0) is 23.7. The van der Waals surface area contributed by atoms with Crippen molar-refractivity contribution in [3.63, 3.8) is 0 Å². The number of aromatic nitrogens is 3. The van der Waals surface area contributed by atoms with Crippen molar-refractivity contribution in [1.29, 1.82) is 0 Å². The van der Waals surface area contributed by atoms with Crippen LogP contribution in [0.1, 0.15) is 5.56 Å². The SMILES string of the molecule is COc1cc(Cl)c(-n2c(=O)[nH]c3c(OC)ccnc32)cc1OCc1c(OC)ccc(F)c1F. The summed E-state index contributed by atoms with van der Waals surface area (Å²) in [7, 11) is 4.20. The number of H-pyrrole nitrogens is 1. The van der Waals surface area contributed by atoms with E-state index in [1.54, 1.807) is 6.07 Å². The van der Waals surface area contributed by atoms with Crippen LogP contribution in [0.15, 0.2) is 41.3 Å². The van der Waals surface area contributed by atoms with Gasteiger partial charge >= 0.3 is 5.69 Å². The fraction of sp³-hybridized carbons (Fsp3) is 0.182. The molecule has 0 saturated heterocycles. The molecule has 11 heteroatoms. The third kappa shape index (κ3) is 3.93. The smallest absolute Gasteiger partial charge is 0.332 e. The summed E-state index contributed by atoms with van der Waals surface area (Å²) in [5.41, 5.74) is 0.252. The molecule has 0 bridgehead atoms. The van der Waals surface area contributed by atoms with Crippen molar-refractivity contribution in [3.05, 3.63) is 69.2 Å². The molecule has 172 valence electrons. The Balaban J connectivity index is 1.81. The molecule has 0 aliphatic heterocycles. The van der Waals surface area contributed by atoms with Gasteiger partial charge in [0.1, 0.15) is 23.6 Å². The normalized spacial score (nSPS) is 11.0. The first kappa shape index (κ1) is 22.4. The lowest BCUT2D eigenvalue weighted by Gasteiger charge is -2.16. The maximum Gasteiger partial charge on any atom is 0.332 e. The lowest BCUT2D eigenvalue weighted by Crippen LogP contribution is -2.15. The fourth-order valence-corrected chi connectivity index (χ4v) is 3.63. The Labute approximate surface area is 191 Å². The van der Waals surface area contributed by atoms with Crippen molar-refractivity contribution in [1.82, 2.24) is 14.5 Å². The van der Waals surface area contributed by atoms with Gasteiger partial charge in [0, 0.05) is 24.4 Å². The second-order valence-electron chi connectivity index (χ2n) is 6.76. The highest BCUT2D eigenvalue weighted by Crippen LogP contribution is 2.37. The van der Waals surface area contributed by atoms with Gasteiger partial charge in [0.25, 0.3) is 0 Å². The van der Waals surface area contributed by atoms with Crippen molar-refractivity contribution >= 4 is 22.8 Å². The van der Waals surface area contributed by atoms with Gasteiger partial charge < -0.3 is 23.9 Å². The van der Waals surface area contributed by atoms with Crippen LogP contribution in [0.3, 0.4) is 0 Å². The van der Waals surface area contributed by atoms with Gasteiger partial charge in [-0.1, -0.05) is 11.6 Å². The van der Waals surface area contributed by atoms with Crippen LogP contribution in [0.4, 0.5) is 8.78 Å². The van der Waals surface area contributed by atoms with Gasteiger partial charge in [0.2, 0.25) is 0 Å². The number of rotatable bonds is 7. The molecule has 4 aromatic rings. The average molecular weight is 478 g/mol. The molecule has 2 aromatic carbocycles. The fourth-order valence-electron chi connectivity index (χ4n) is 3.39. The Kier molecular flexibility index (Phi) is 6.10. The van der Waals surface area contributed by atoms with E-state index < -0.39 is 17.3 Å². The summed E-state index contributed by atoms with van der Waals surface area (Å²) in [6.07, 6.45) is 1.48. The second kappa shape index (κ2) is 8.99. The third-order valence-corrected chi connectivity index (χ3v) is 5.28. The molecular weight excluding hydrogens is 460 g/mol. The number of pyridine rings is 1. The minimum atomic E-state index is -1.09. The zero-order valence-corrected chi connectivity index (χ0v) is 18.5. The molecule has 2 heterocycles. The molecule has 33 heavy (non-hydrogen) atoms. The standard InChI is InChI=1S/C22H18ClF2N3O5/c1-30-15-5-4-13(24)19(25)11(15)10-33-18-9-14(12(23)8-17(18)32-3)28-21-20(27-22(28)29)16(31-2)6-7-26-21/h4-9H,10H2,1-3H3,(H,27,29). The first-order chi connectivity index (χ1) is 15.9. The van der Waals surface area contributed by atoms with Crippen molar-refractivity contribution in [2.75, 3.05) is 21.3 Å². The van der Waals surface area contributed by atoms with E-state index in [1.807, 2.05) is 0 Å². The number of nitrogens with zero attached hydrogens (tertiary/aromatic N) is 2. The van der Waals surface area contributed by atoms with E-state index in [1.165, 1.54) is 50.3 Å². The lowest BCUT2D eigenvalue weighted by atomic mass is 10.2. The van der Waals surface area contributed by atoms with Crippen molar-refractivity contribution in [3.8, 4) is 28.7 Å². The van der Waals surface area contributed by atoms with Crippen LogP contribution in [-0.2, 0) is 6.61 Å². The highest BCUT2D eigenvalue weighted by Gasteiger charge is 2.20. The molecule has 0 aliphatic carbocycles. The number of methoxy groups -OCH3 is 3. The van der Waals surface area contributed by atoms with Gasteiger partial charge in [-0.15, -0.1) is 0 Å². The lowest BCUT2D eigenvalue weighted by molar-refractivity contribution is 0.270. The Morgan fingerprint density at radius 1 is 1.00 bits per heavy atom. The number of benzene rings is 2. The van der Waals surface area contributed by atoms with Gasteiger partial charge in [0.05, 0.1) is 37.6 Å². The van der Waals surface area contributed by atoms with E-state index >= 15 is 0 Å².